The molecular formula is C20H20BrN3OS. The van der Waals surface area contributed by atoms with Gasteiger partial charge in [-0.25, -0.2) is 4.98 Å². The number of halogens is 1. The molecule has 0 unspecified atom stereocenters. The third-order valence-corrected chi connectivity index (χ3v) is 6.29. The molecule has 0 saturated carbocycles. The highest BCUT2D eigenvalue weighted by Crippen LogP contribution is 2.31. The van der Waals surface area contributed by atoms with Crippen molar-refractivity contribution in [1.82, 2.24) is 9.88 Å². The molecule has 4 nitrogen and oxygen atoms in total. The van der Waals surface area contributed by atoms with E-state index >= 15 is 0 Å². The van der Waals surface area contributed by atoms with Crippen LogP contribution in [0.2, 0.25) is 0 Å². The van der Waals surface area contributed by atoms with E-state index in [0.717, 1.165) is 46.9 Å². The van der Waals surface area contributed by atoms with Crippen molar-refractivity contribution in [3.8, 4) is 0 Å². The van der Waals surface area contributed by atoms with Crippen LogP contribution in [0.3, 0.4) is 0 Å². The molecule has 1 aromatic heterocycles. The molecule has 0 radical (unpaired) electrons. The summed E-state index contributed by atoms with van der Waals surface area (Å²) in [6.07, 6.45) is 0.482. The number of thiazole rings is 1. The number of hydrogen-bond donors (Lipinski definition) is 0. The summed E-state index contributed by atoms with van der Waals surface area (Å²) in [5.74, 6) is 0.210. The maximum absolute atomic E-state index is 12.6. The molecule has 1 aliphatic heterocycles. The maximum atomic E-state index is 12.6. The minimum absolute atomic E-state index is 0.210. The molecule has 26 heavy (non-hydrogen) atoms. The van der Waals surface area contributed by atoms with Gasteiger partial charge in [0, 0.05) is 30.7 Å². The Morgan fingerprint density at radius 1 is 1.12 bits per heavy atom. The average Bonchev–Trinajstić information content (AvgIpc) is 3.07. The summed E-state index contributed by atoms with van der Waals surface area (Å²) in [7, 11) is 0. The predicted octanol–water partition coefficient (Wildman–Crippen LogP) is 4.26. The van der Waals surface area contributed by atoms with E-state index in [2.05, 4.69) is 46.0 Å². The van der Waals surface area contributed by atoms with Gasteiger partial charge in [-0.15, -0.1) is 0 Å². The van der Waals surface area contributed by atoms with Gasteiger partial charge in [0.25, 0.3) is 0 Å². The molecule has 1 amide bonds. The summed E-state index contributed by atoms with van der Waals surface area (Å²) in [4.78, 5) is 21.6. The Balaban J connectivity index is 1.38. The number of aromatic nitrogens is 1. The fourth-order valence-corrected chi connectivity index (χ4v) is 4.73. The SMILES string of the molecule is Cc1ccc(CC(=O)N2CCN(c3nc4ccc(Br)cc4s3)CC2)cc1. The minimum Gasteiger partial charge on any atom is -0.345 e. The average molecular weight is 430 g/mol. The molecule has 0 N–H and O–H groups in total. The summed E-state index contributed by atoms with van der Waals surface area (Å²) in [6, 6.07) is 14.4. The van der Waals surface area contributed by atoms with Gasteiger partial charge >= 0.3 is 0 Å². The Morgan fingerprint density at radius 2 is 1.85 bits per heavy atom. The molecule has 1 aliphatic rings. The predicted molar refractivity (Wildman–Crippen MR) is 111 cm³/mol. The van der Waals surface area contributed by atoms with Crippen LogP contribution in [-0.2, 0) is 11.2 Å². The second-order valence-electron chi connectivity index (χ2n) is 6.64. The van der Waals surface area contributed by atoms with Crippen molar-refractivity contribution in [1.29, 1.82) is 0 Å². The zero-order chi connectivity index (χ0) is 18.1. The van der Waals surface area contributed by atoms with Crippen LogP contribution in [0.15, 0.2) is 46.9 Å². The highest BCUT2D eigenvalue weighted by atomic mass is 79.9. The molecule has 2 heterocycles. The van der Waals surface area contributed by atoms with Crippen LogP contribution in [0.25, 0.3) is 10.2 Å². The normalized spacial score (nSPS) is 14.8. The van der Waals surface area contributed by atoms with Gasteiger partial charge in [-0.05, 0) is 30.7 Å². The molecule has 0 bridgehead atoms. The van der Waals surface area contributed by atoms with E-state index < -0.39 is 0 Å². The number of benzene rings is 2. The van der Waals surface area contributed by atoms with E-state index in [0.29, 0.717) is 6.42 Å². The quantitative estimate of drug-likeness (QED) is 0.623. The van der Waals surface area contributed by atoms with E-state index in [1.54, 1.807) is 11.3 Å². The van der Waals surface area contributed by atoms with Crippen LogP contribution >= 0.6 is 27.3 Å². The lowest BCUT2D eigenvalue weighted by molar-refractivity contribution is -0.130. The standard InChI is InChI=1S/C20H20BrN3OS/c1-14-2-4-15(5-3-14)12-19(25)23-8-10-24(11-9-23)20-22-17-7-6-16(21)13-18(17)26-20/h2-7,13H,8-12H2,1H3. The van der Waals surface area contributed by atoms with E-state index in [-0.39, 0.29) is 5.91 Å². The Bertz CT molecular complexity index is 930. The number of aryl methyl sites for hydroxylation is 1. The van der Waals surface area contributed by atoms with Gasteiger partial charge in [0.15, 0.2) is 5.13 Å². The Kier molecular flexibility index (Phi) is 4.96. The molecule has 4 rings (SSSR count). The van der Waals surface area contributed by atoms with Gasteiger partial charge in [0.05, 0.1) is 16.6 Å². The fourth-order valence-electron chi connectivity index (χ4n) is 3.16. The number of carbonyl (C=O) groups is 1. The molecule has 6 heteroatoms. The number of anilines is 1. The molecule has 134 valence electrons. The van der Waals surface area contributed by atoms with Crippen LogP contribution in [0, 0.1) is 6.92 Å². The maximum Gasteiger partial charge on any atom is 0.227 e. The first kappa shape index (κ1) is 17.5. The molecular weight excluding hydrogens is 410 g/mol. The largest absolute Gasteiger partial charge is 0.345 e. The van der Waals surface area contributed by atoms with Crippen molar-refractivity contribution in [2.75, 3.05) is 31.1 Å². The van der Waals surface area contributed by atoms with Crippen molar-refractivity contribution in [3.05, 3.63) is 58.1 Å². The highest BCUT2D eigenvalue weighted by molar-refractivity contribution is 9.10. The zero-order valence-electron chi connectivity index (χ0n) is 14.6. The van der Waals surface area contributed by atoms with E-state index in [4.69, 9.17) is 4.98 Å². The summed E-state index contributed by atoms with van der Waals surface area (Å²) in [6.45, 7) is 5.24. The molecule has 0 spiro atoms. The summed E-state index contributed by atoms with van der Waals surface area (Å²) in [5.41, 5.74) is 3.34. The number of rotatable bonds is 3. The highest BCUT2D eigenvalue weighted by Gasteiger charge is 2.23. The third-order valence-electron chi connectivity index (χ3n) is 4.72. The van der Waals surface area contributed by atoms with Crippen LogP contribution in [0.4, 0.5) is 5.13 Å². The number of nitrogens with zero attached hydrogens (tertiary/aromatic N) is 3. The van der Waals surface area contributed by atoms with Crippen molar-refractivity contribution in [2.24, 2.45) is 0 Å². The number of carbonyl (C=O) groups excluding carboxylic acids is 1. The van der Waals surface area contributed by atoms with Crippen molar-refractivity contribution in [3.63, 3.8) is 0 Å². The van der Waals surface area contributed by atoms with Gasteiger partial charge in [-0.3, -0.25) is 4.79 Å². The minimum atomic E-state index is 0.210. The second-order valence-corrected chi connectivity index (χ2v) is 8.56. The van der Waals surface area contributed by atoms with Gasteiger partial charge in [0.1, 0.15) is 0 Å². The van der Waals surface area contributed by atoms with Gasteiger partial charge in [-0.2, -0.15) is 0 Å². The topological polar surface area (TPSA) is 36.4 Å². The lowest BCUT2D eigenvalue weighted by Crippen LogP contribution is -2.49. The van der Waals surface area contributed by atoms with Gasteiger partial charge in [-0.1, -0.05) is 57.1 Å². The summed E-state index contributed by atoms with van der Waals surface area (Å²) in [5, 5.41) is 1.05. The van der Waals surface area contributed by atoms with Crippen molar-refractivity contribution >= 4 is 48.5 Å². The zero-order valence-corrected chi connectivity index (χ0v) is 17.0. The first-order chi connectivity index (χ1) is 12.6. The molecule has 3 aromatic rings. The summed E-state index contributed by atoms with van der Waals surface area (Å²) >= 11 is 5.23. The third kappa shape index (κ3) is 3.76. The van der Waals surface area contributed by atoms with E-state index in [9.17, 15) is 4.79 Å². The molecule has 2 aromatic carbocycles. The van der Waals surface area contributed by atoms with Crippen molar-refractivity contribution in [2.45, 2.75) is 13.3 Å². The lowest BCUT2D eigenvalue weighted by atomic mass is 10.1. The number of amides is 1. The smallest absolute Gasteiger partial charge is 0.227 e. The van der Waals surface area contributed by atoms with E-state index in [1.807, 2.05) is 29.2 Å². The summed E-state index contributed by atoms with van der Waals surface area (Å²) < 4.78 is 2.26. The van der Waals surface area contributed by atoms with Crippen molar-refractivity contribution < 1.29 is 4.79 Å². The molecule has 1 fully saturated rings. The Hall–Kier alpha value is -1.92. The molecule has 0 aliphatic carbocycles. The first-order valence-corrected chi connectivity index (χ1v) is 10.3. The lowest BCUT2D eigenvalue weighted by Gasteiger charge is -2.34. The number of fused-ring (bicyclic) bond motifs is 1. The monoisotopic (exact) mass is 429 g/mol. The van der Waals surface area contributed by atoms with Crippen LogP contribution in [0.5, 0.6) is 0 Å². The van der Waals surface area contributed by atoms with Crippen LogP contribution in [0.1, 0.15) is 11.1 Å². The fraction of sp³-hybridized carbons (Fsp3) is 0.300. The van der Waals surface area contributed by atoms with E-state index in [1.165, 1.54) is 10.3 Å². The first-order valence-electron chi connectivity index (χ1n) is 8.73. The Labute approximate surface area is 165 Å². The number of hydrogen-bond acceptors (Lipinski definition) is 4. The number of piperazine rings is 1. The second kappa shape index (κ2) is 7.37. The molecule has 0 atom stereocenters. The Morgan fingerprint density at radius 3 is 2.58 bits per heavy atom. The van der Waals surface area contributed by atoms with Crippen LogP contribution < -0.4 is 4.90 Å². The van der Waals surface area contributed by atoms with Gasteiger partial charge in [0.2, 0.25) is 5.91 Å². The van der Waals surface area contributed by atoms with Crippen LogP contribution in [-0.4, -0.2) is 42.0 Å². The molecule has 1 saturated heterocycles. The van der Waals surface area contributed by atoms with Gasteiger partial charge < -0.3 is 9.80 Å².